The van der Waals surface area contributed by atoms with Crippen LogP contribution in [0.3, 0.4) is 0 Å². The fourth-order valence-corrected chi connectivity index (χ4v) is 2.77. The van der Waals surface area contributed by atoms with E-state index in [1.807, 2.05) is 27.7 Å². The average Bonchev–Trinajstić information content (AvgIpc) is 2.82. The van der Waals surface area contributed by atoms with Gasteiger partial charge in [-0.1, -0.05) is 25.2 Å². The van der Waals surface area contributed by atoms with Gasteiger partial charge in [0, 0.05) is 10.8 Å². The topological polar surface area (TPSA) is 59.3 Å². The maximum absolute atomic E-state index is 11.9. The van der Waals surface area contributed by atoms with Crippen LogP contribution in [0.5, 0.6) is 0 Å². The predicted molar refractivity (Wildman–Crippen MR) is 73.0 cm³/mol. The van der Waals surface area contributed by atoms with Crippen molar-refractivity contribution in [3.63, 3.8) is 0 Å². The number of carbonyl (C=O) groups is 1. The normalized spacial score (nSPS) is 11.4. The minimum atomic E-state index is 0.00706. The number of hydrogen-bond acceptors (Lipinski definition) is 4. The van der Waals surface area contributed by atoms with Gasteiger partial charge in [0.2, 0.25) is 16.8 Å². The van der Waals surface area contributed by atoms with Crippen LogP contribution < -0.4 is 5.32 Å². The van der Waals surface area contributed by atoms with Crippen LogP contribution in [0.4, 0.5) is 5.95 Å². The number of aryl methyl sites for hydroxylation is 2. The number of hydrogen-bond donors (Lipinski definition) is 1. The molecule has 5 nitrogen and oxygen atoms in total. The monoisotopic (exact) mass is 266 g/mol. The summed E-state index contributed by atoms with van der Waals surface area (Å²) < 4.78 is 1.78. The molecule has 0 aliphatic rings. The summed E-state index contributed by atoms with van der Waals surface area (Å²) in [7, 11) is 0. The number of rotatable bonds is 4. The van der Waals surface area contributed by atoms with Gasteiger partial charge in [0.15, 0.2) is 0 Å². The largest absolute Gasteiger partial charge is 0.293 e. The van der Waals surface area contributed by atoms with Crippen molar-refractivity contribution < 1.29 is 4.79 Å². The van der Waals surface area contributed by atoms with Crippen LogP contribution in [0.2, 0.25) is 0 Å². The van der Waals surface area contributed by atoms with Crippen LogP contribution in [-0.2, 0) is 4.79 Å². The van der Waals surface area contributed by atoms with Gasteiger partial charge in [0.25, 0.3) is 0 Å². The fraction of sp³-hybridized carbons (Fsp3) is 0.583. The van der Waals surface area contributed by atoms with Crippen LogP contribution in [0.25, 0.3) is 4.96 Å². The Morgan fingerprint density at radius 3 is 2.61 bits per heavy atom. The summed E-state index contributed by atoms with van der Waals surface area (Å²) >= 11 is 1.58. The number of carbonyl (C=O) groups excluding carboxylic acids is 1. The Hall–Kier alpha value is -1.43. The molecule has 2 aromatic heterocycles. The lowest BCUT2D eigenvalue weighted by Crippen LogP contribution is -2.22. The third-order valence-corrected chi connectivity index (χ3v) is 4.29. The third kappa shape index (κ3) is 2.25. The molecule has 0 aliphatic carbocycles. The van der Waals surface area contributed by atoms with Crippen LogP contribution >= 0.6 is 11.3 Å². The van der Waals surface area contributed by atoms with Crippen LogP contribution in [0.1, 0.15) is 37.3 Å². The van der Waals surface area contributed by atoms with Crippen molar-refractivity contribution in [1.29, 1.82) is 0 Å². The first-order valence-corrected chi connectivity index (χ1v) is 7.02. The van der Waals surface area contributed by atoms with Crippen LogP contribution in [-0.4, -0.2) is 20.5 Å². The van der Waals surface area contributed by atoms with Crippen molar-refractivity contribution in [3.05, 3.63) is 10.6 Å². The molecule has 0 bridgehead atoms. The van der Waals surface area contributed by atoms with E-state index < -0.39 is 0 Å². The van der Waals surface area contributed by atoms with Crippen LogP contribution in [0.15, 0.2) is 0 Å². The lowest BCUT2D eigenvalue weighted by atomic mass is 10.0. The number of nitrogens with zero attached hydrogens (tertiary/aromatic N) is 3. The molecule has 1 N–H and O–H groups in total. The zero-order valence-corrected chi connectivity index (χ0v) is 12.0. The third-order valence-electron chi connectivity index (χ3n) is 3.24. The second kappa shape index (κ2) is 5.06. The van der Waals surface area contributed by atoms with Crippen molar-refractivity contribution in [2.24, 2.45) is 5.92 Å². The van der Waals surface area contributed by atoms with E-state index >= 15 is 0 Å². The second-order valence-electron chi connectivity index (χ2n) is 4.38. The molecule has 2 rings (SSSR count). The highest BCUT2D eigenvalue weighted by atomic mass is 32.1. The number of anilines is 1. The quantitative estimate of drug-likeness (QED) is 0.925. The first-order valence-electron chi connectivity index (χ1n) is 6.20. The molecule has 0 aliphatic heterocycles. The van der Waals surface area contributed by atoms with E-state index in [0.29, 0.717) is 5.95 Å². The SMILES string of the molecule is CCC(CC)C(=O)Nc1nc2sc(C)c(C)n2n1. The van der Waals surface area contributed by atoms with E-state index in [4.69, 9.17) is 0 Å². The highest BCUT2D eigenvalue weighted by Crippen LogP contribution is 2.21. The molecule has 98 valence electrons. The van der Waals surface area contributed by atoms with Gasteiger partial charge in [-0.05, 0) is 26.7 Å². The maximum atomic E-state index is 11.9. The van der Waals surface area contributed by atoms with Crippen molar-refractivity contribution in [3.8, 4) is 0 Å². The van der Waals surface area contributed by atoms with Gasteiger partial charge in [-0.3, -0.25) is 10.1 Å². The van der Waals surface area contributed by atoms with E-state index in [9.17, 15) is 4.79 Å². The molecule has 0 radical (unpaired) electrons. The number of nitrogens with one attached hydrogen (secondary N) is 1. The Balaban J connectivity index is 2.20. The smallest absolute Gasteiger partial charge is 0.250 e. The molecule has 0 atom stereocenters. The Bertz CT molecular complexity index is 568. The van der Waals surface area contributed by atoms with Gasteiger partial charge in [0.1, 0.15) is 0 Å². The predicted octanol–water partition coefficient (Wildman–Crippen LogP) is 2.78. The molecule has 0 spiro atoms. The lowest BCUT2D eigenvalue weighted by Gasteiger charge is -2.09. The molecular weight excluding hydrogens is 248 g/mol. The van der Waals surface area contributed by atoms with Gasteiger partial charge in [-0.15, -0.1) is 5.10 Å². The lowest BCUT2D eigenvalue weighted by molar-refractivity contribution is -0.120. The zero-order valence-electron chi connectivity index (χ0n) is 11.1. The summed E-state index contributed by atoms with van der Waals surface area (Å²) in [6, 6.07) is 0. The molecule has 0 saturated heterocycles. The van der Waals surface area contributed by atoms with E-state index in [-0.39, 0.29) is 11.8 Å². The van der Waals surface area contributed by atoms with E-state index in [1.54, 1.807) is 15.9 Å². The van der Waals surface area contributed by atoms with Gasteiger partial charge in [-0.25, -0.2) is 4.52 Å². The van der Waals surface area contributed by atoms with Gasteiger partial charge in [0.05, 0.1) is 5.69 Å². The molecule has 0 unspecified atom stereocenters. The maximum Gasteiger partial charge on any atom is 0.250 e. The van der Waals surface area contributed by atoms with Gasteiger partial charge >= 0.3 is 0 Å². The van der Waals surface area contributed by atoms with Crippen molar-refractivity contribution >= 4 is 28.2 Å². The van der Waals surface area contributed by atoms with Crippen molar-refractivity contribution in [1.82, 2.24) is 14.6 Å². The molecular formula is C12H18N4OS. The van der Waals surface area contributed by atoms with E-state index in [0.717, 1.165) is 23.5 Å². The Morgan fingerprint density at radius 2 is 2.06 bits per heavy atom. The first kappa shape index (κ1) is 13.0. The minimum absolute atomic E-state index is 0.00706. The van der Waals surface area contributed by atoms with E-state index in [1.165, 1.54) is 4.88 Å². The highest BCUT2D eigenvalue weighted by molar-refractivity contribution is 7.17. The Morgan fingerprint density at radius 1 is 1.39 bits per heavy atom. The Kier molecular flexibility index (Phi) is 3.65. The number of aromatic nitrogens is 3. The summed E-state index contributed by atoms with van der Waals surface area (Å²) in [5, 5.41) is 7.10. The van der Waals surface area contributed by atoms with Crippen molar-refractivity contribution in [2.75, 3.05) is 5.32 Å². The van der Waals surface area contributed by atoms with E-state index in [2.05, 4.69) is 15.4 Å². The summed E-state index contributed by atoms with van der Waals surface area (Å²) in [5.74, 6) is 0.447. The molecule has 18 heavy (non-hydrogen) atoms. The zero-order chi connectivity index (χ0) is 13.3. The second-order valence-corrected chi connectivity index (χ2v) is 5.56. The first-order chi connectivity index (χ1) is 8.56. The molecule has 0 aromatic carbocycles. The Labute approximate surface area is 110 Å². The summed E-state index contributed by atoms with van der Waals surface area (Å²) in [5.41, 5.74) is 1.07. The molecule has 2 aromatic rings. The van der Waals surface area contributed by atoms with Gasteiger partial charge in [-0.2, -0.15) is 4.98 Å². The molecule has 2 heterocycles. The number of thiazole rings is 1. The molecule has 0 saturated carbocycles. The standard InChI is InChI=1S/C12H18N4OS/c1-5-9(6-2)10(17)13-11-14-12-16(15-11)7(3)8(4)18-12/h9H,5-6H2,1-4H3,(H,13,15,17). The summed E-state index contributed by atoms with van der Waals surface area (Å²) in [6.45, 7) is 8.07. The number of fused-ring (bicyclic) bond motifs is 1. The highest BCUT2D eigenvalue weighted by Gasteiger charge is 2.17. The average molecular weight is 266 g/mol. The molecule has 6 heteroatoms. The fourth-order valence-electron chi connectivity index (χ4n) is 1.87. The number of amides is 1. The summed E-state index contributed by atoms with van der Waals surface area (Å²) in [6.07, 6.45) is 1.67. The van der Waals surface area contributed by atoms with Gasteiger partial charge < -0.3 is 0 Å². The van der Waals surface area contributed by atoms with Crippen LogP contribution in [0, 0.1) is 19.8 Å². The molecule has 0 fully saturated rings. The summed E-state index contributed by atoms with van der Waals surface area (Å²) in [4.78, 5) is 18.3. The van der Waals surface area contributed by atoms with Crippen molar-refractivity contribution in [2.45, 2.75) is 40.5 Å². The minimum Gasteiger partial charge on any atom is -0.293 e. The molecule has 1 amide bonds.